The minimum atomic E-state index is -1.03. The fourth-order valence-corrected chi connectivity index (χ4v) is 4.51. The number of hydrogen-bond acceptors (Lipinski definition) is 8. The van der Waals surface area contributed by atoms with Crippen molar-refractivity contribution in [3.8, 4) is 5.75 Å². The van der Waals surface area contributed by atoms with Crippen molar-refractivity contribution >= 4 is 17.9 Å². The molecule has 4 unspecified atom stereocenters. The summed E-state index contributed by atoms with van der Waals surface area (Å²) in [5.74, 6) is -3.37. The standard InChI is InChI=1S/C29H36O9.2C2H6/c1-3-27(31)37-18-24(38-29(34)26-7-5-4-6-25(26)28(32)33)17-36-23(15-30)16-35-22-10-8-20(9-11-22)14-21-12-19(2)13-21;2*1-2/h3,8-13,23-26,30H,1,4-7,14-18H2,2H3,(H,32,33);2*1-2H3. The van der Waals surface area contributed by atoms with Gasteiger partial charge in [-0.05, 0) is 49.5 Å². The number of aliphatic carboxylic acids is 1. The Morgan fingerprint density at radius 1 is 0.952 bits per heavy atom. The van der Waals surface area contributed by atoms with Crippen LogP contribution >= 0.6 is 0 Å². The number of rotatable bonds is 15. The van der Waals surface area contributed by atoms with Crippen LogP contribution in [-0.4, -0.2) is 66.8 Å². The molecule has 2 N–H and O–H groups in total. The highest BCUT2D eigenvalue weighted by Crippen LogP contribution is 2.31. The minimum absolute atomic E-state index is 0.0414. The van der Waals surface area contributed by atoms with Crippen molar-refractivity contribution in [3.63, 3.8) is 0 Å². The Labute approximate surface area is 250 Å². The number of aliphatic hydroxyl groups excluding tert-OH is 1. The molecule has 1 aromatic carbocycles. The van der Waals surface area contributed by atoms with Gasteiger partial charge in [0, 0.05) is 6.08 Å². The van der Waals surface area contributed by atoms with Crippen LogP contribution in [0.2, 0.25) is 0 Å². The summed E-state index contributed by atoms with van der Waals surface area (Å²) in [6, 6.07) is 7.65. The average molecular weight is 589 g/mol. The number of allylic oxidation sites excluding steroid dienone is 4. The van der Waals surface area contributed by atoms with E-state index in [2.05, 4.69) is 25.7 Å². The molecule has 0 heterocycles. The minimum Gasteiger partial charge on any atom is -0.491 e. The average Bonchev–Trinajstić information content (AvgIpc) is 3.01. The molecule has 0 radical (unpaired) electrons. The maximum atomic E-state index is 12.8. The zero-order valence-corrected chi connectivity index (χ0v) is 25.7. The van der Waals surface area contributed by atoms with E-state index in [0.717, 1.165) is 30.9 Å². The van der Waals surface area contributed by atoms with Crippen molar-refractivity contribution in [2.45, 2.75) is 78.9 Å². The molecule has 234 valence electrons. The summed E-state index contributed by atoms with van der Waals surface area (Å²) in [6.07, 6.45) is 6.69. The first-order chi connectivity index (χ1) is 20.3. The SMILES string of the molecule is C=CC(=O)OCC(COC(CO)COc1ccc(CC2=CC(C)=C2)cc1)OC(=O)C1CCCCC1C(=O)O.CC.CC. The zero-order chi connectivity index (χ0) is 31.5. The number of carboxylic acid groups (broad SMARTS) is 1. The van der Waals surface area contributed by atoms with Crippen LogP contribution in [0.25, 0.3) is 0 Å². The molecule has 1 saturated carbocycles. The summed E-state index contributed by atoms with van der Waals surface area (Å²) in [5, 5.41) is 19.2. The number of esters is 2. The summed E-state index contributed by atoms with van der Waals surface area (Å²) in [6.45, 7) is 12.6. The van der Waals surface area contributed by atoms with Crippen molar-refractivity contribution in [3.05, 3.63) is 65.8 Å². The molecular weight excluding hydrogens is 540 g/mol. The van der Waals surface area contributed by atoms with Gasteiger partial charge in [-0.3, -0.25) is 9.59 Å². The number of carbonyl (C=O) groups excluding carboxylic acids is 2. The van der Waals surface area contributed by atoms with Crippen LogP contribution in [-0.2, 0) is 35.0 Å². The Morgan fingerprint density at radius 2 is 1.57 bits per heavy atom. The fraction of sp³-hybridized carbons (Fsp3) is 0.545. The lowest BCUT2D eigenvalue weighted by atomic mass is 9.79. The second-order valence-electron chi connectivity index (χ2n) is 9.61. The molecule has 2 aliphatic rings. The van der Waals surface area contributed by atoms with Crippen molar-refractivity contribution in [1.29, 1.82) is 0 Å². The molecule has 0 spiro atoms. The molecule has 1 fully saturated rings. The van der Waals surface area contributed by atoms with Gasteiger partial charge in [-0.15, -0.1) is 0 Å². The molecule has 4 atom stereocenters. The van der Waals surface area contributed by atoms with E-state index in [4.69, 9.17) is 18.9 Å². The van der Waals surface area contributed by atoms with E-state index in [-0.39, 0.29) is 26.4 Å². The van der Waals surface area contributed by atoms with Crippen LogP contribution in [0.4, 0.5) is 0 Å². The normalized spacial score (nSPS) is 18.5. The van der Waals surface area contributed by atoms with Crippen molar-refractivity contribution < 1.29 is 43.5 Å². The quantitative estimate of drug-likeness (QED) is 0.203. The molecule has 0 aromatic heterocycles. The Hall–Kier alpha value is -3.43. The topological polar surface area (TPSA) is 129 Å². The van der Waals surface area contributed by atoms with Gasteiger partial charge >= 0.3 is 17.9 Å². The lowest BCUT2D eigenvalue weighted by Crippen LogP contribution is -2.39. The predicted molar refractivity (Wildman–Crippen MR) is 161 cm³/mol. The number of carboxylic acids is 1. The first-order valence-corrected chi connectivity index (χ1v) is 14.8. The van der Waals surface area contributed by atoms with E-state index in [1.165, 1.54) is 11.1 Å². The lowest BCUT2D eigenvalue weighted by molar-refractivity contribution is -0.172. The molecule has 9 heteroatoms. The third-order valence-electron chi connectivity index (χ3n) is 6.56. The molecule has 0 saturated heterocycles. The Balaban J connectivity index is 0.00000211. The van der Waals surface area contributed by atoms with Crippen LogP contribution in [0.5, 0.6) is 5.75 Å². The number of carbonyl (C=O) groups is 3. The van der Waals surface area contributed by atoms with E-state index in [0.29, 0.717) is 18.6 Å². The van der Waals surface area contributed by atoms with Gasteiger partial charge in [0.2, 0.25) is 0 Å². The number of hydrogen-bond donors (Lipinski definition) is 2. The van der Waals surface area contributed by atoms with Gasteiger partial charge < -0.3 is 29.2 Å². The number of ether oxygens (including phenoxy) is 4. The van der Waals surface area contributed by atoms with Gasteiger partial charge in [0.05, 0.1) is 25.0 Å². The largest absolute Gasteiger partial charge is 0.491 e. The Morgan fingerprint density at radius 3 is 2.12 bits per heavy atom. The van der Waals surface area contributed by atoms with Gasteiger partial charge in [0.1, 0.15) is 25.1 Å². The van der Waals surface area contributed by atoms with E-state index in [1.807, 2.05) is 52.0 Å². The van der Waals surface area contributed by atoms with Crippen LogP contribution in [0, 0.1) is 11.8 Å². The molecule has 42 heavy (non-hydrogen) atoms. The lowest BCUT2D eigenvalue weighted by Gasteiger charge is -2.29. The van der Waals surface area contributed by atoms with E-state index in [9.17, 15) is 24.6 Å². The van der Waals surface area contributed by atoms with Gasteiger partial charge in [-0.2, -0.15) is 0 Å². The molecule has 3 rings (SSSR count). The van der Waals surface area contributed by atoms with Crippen LogP contribution in [0.15, 0.2) is 60.2 Å². The molecule has 0 bridgehead atoms. The number of aliphatic hydroxyl groups is 1. The second-order valence-corrected chi connectivity index (χ2v) is 9.61. The molecule has 2 aliphatic carbocycles. The fourth-order valence-electron chi connectivity index (χ4n) is 4.51. The summed E-state index contributed by atoms with van der Waals surface area (Å²) in [7, 11) is 0. The van der Waals surface area contributed by atoms with Crippen molar-refractivity contribution in [2.24, 2.45) is 11.8 Å². The third kappa shape index (κ3) is 12.6. The van der Waals surface area contributed by atoms with Crippen molar-refractivity contribution in [2.75, 3.05) is 26.4 Å². The predicted octanol–water partition coefficient (Wildman–Crippen LogP) is 5.46. The smallest absolute Gasteiger partial charge is 0.330 e. The Kier molecular flexibility index (Phi) is 17.8. The first kappa shape index (κ1) is 36.6. The molecule has 1 aromatic rings. The Bertz CT molecular complexity index is 1040. The summed E-state index contributed by atoms with van der Waals surface area (Å²) >= 11 is 0. The van der Waals surface area contributed by atoms with Crippen molar-refractivity contribution in [1.82, 2.24) is 0 Å². The summed E-state index contributed by atoms with van der Waals surface area (Å²) in [4.78, 5) is 36.0. The van der Waals surface area contributed by atoms with Gasteiger partial charge in [0.25, 0.3) is 0 Å². The molecule has 0 amide bonds. The summed E-state index contributed by atoms with van der Waals surface area (Å²) in [5.41, 5.74) is 3.70. The number of benzene rings is 1. The van der Waals surface area contributed by atoms with Crippen LogP contribution in [0.1, 0.15) is 65.9 Å². The maximum Gasteiger partial charge on any atom is 0.330 e. The maximum absolute atomic E-state index is 12.8. The van der Waals surface area contributed by atoms with Crippen LogP contribution < -0.4 is 4.74 Å². The summed E-state index contributed by atoms with van der Waals surface area (Å²) < 4.78 is 22.0. The highest BCUT2D eigenvalue weighted by Gasteiger charge is 2.38. The van der Waals surface area contributed by atoms with Gasteiger partial charge in [0.15, 0.2) is 6.10 Å². The van der Waals surface area contributed by atoms with E-state index < -0.39 is 42.0 Å². The van der Waals surface area contributed by atoms with E-state index >= 15 is 0 Å². The third-order valence-corrected chi connectivity index (χ3v) is 6.56. The molecule has 9 nitrogen and oxygen atoms in total. The highest BCUT2D eigenvalue weighted by atomic mass is 16.6. The molecule has 0 aliphatic heterocycles. The second kappa shape index (κ2) is 20.4. The molecular formula is C33H48O9. The van der Waals surface area contributed by atoms with Gasteiger partial charge in [-0.25, -0.2) is 4.79 Å². The van der Waals surface area contributed by atoms with Crippen LogP contribution in [0.3, 0.4) is 0 Å². The zero-order valence-electron chi connectivity index (χ0n) is 25.7. The highest BCUT2D eigenvalue weighted by molar-refractivity contribution is 5.82. The van der Waals surface area contributed by atoms with Gasteiger partial charge in [-0.1, -0.05) is 77.0 Å². The van der Waals surface area contributed by atoms with E-state index in [1.54, 1.807) is 0 Å². The monoisotopic (exact) mass is 588 g/mol. The first-order valence-electron chi connectivity index (χ1n) is 14.8.